The lowest BCUT2D eigenvalue weighted by atomic mass is 9.89. The Morgan fingerprint density at radius 1 is 1.20 bits per heavy atom. The van der Waals surface area contributed by atoms with Gasteiger partial charge in [-0.25, -0.2) is 0 Å². The molecule has 1 saturated heterocycles. The maximum Gasteiger partial charge on any atom is 0.0541 e. The summed E-state index contributed by atoms with van der Waals surface area (Å²) in [5.41, 5.74) is 7.51. The lowest BCUT2D eigenvalue weighted by Gasteiger charge is -2.40. The van der Waals surface area contributed by atoms with Crippen LogP contribution in [0.3, 0.4) is 0 Å². The molecule has 0 saturated carbocycles. The van der Waals surface area contributed by atoms with Gasteiger partial charge in [0.05, 0.1) is 6.10 Å². The summed E-state index contributed by atoms with van der Waals surface area (Å²) in [6, 6.07) is 8.82. The minimum atomic E-state index is -0.196. The van der Waals surface area contributed by atoms with Crippen LogP contribution < -0.4 is 5.73 Å². The van der Waals surface area contributed by atoms with Gasteiger partial charge in [0.25, 0.3) is 0 Å². The van der Waals surface area contributed by atoms with Gasteiger partial charge in [-0.15, -0.1) is 0 Å². The Hall–Kier alpha value is -0.420. The highest BCUT2D eigenvalue weighted by Crippen LogP contribution is 2.30. The van der Waals surface area contributed by atoms with E-state index in [1.807, 2.05) is 6.92 Å². The molecule has 0 amide bonds. The SMILES string of the molecule is CC(N)C(c1ccc(Br)cc1)N1CCC(C(C)O)CC1. The van der Waals surface area contributed by atoms with Gasteiger partial charge in [-0.05, 0) is 63.4 Å². The highest BCUT2D eigenvalue weighted by molar-refractivity contribution is 9.10. The van der Waals surface area contributed by atoms with Crippen molar-refractivity contribution in [3.63, 3.8) is 0 Å². The number of nitrogens with two attached hydrogens (primary N) is 1. The minimum Gasteiger partial charge on any atom is -0.393 e. The molecule has 3 N–H and O–H groups in total. The molecule has 2 rings (SSSR count). The van der Waals surface area contributed by atoms with E-state index in [0.29, 0.717) is 5.92 Å². The molecular weight excluding hydrogens is 316 g/mol. The number of benzene rings is 1. The van der Waals surface area contributed by atoms with Crippen molar-refractivity contribution in [2.45, 2.75) is 44.9 Å². The van der Waals surface area contributed by atoms with Crippen molar-refractivity contribution in [2.75, 3.05) is 13.1 Å². The van der Waals surface area contributed by atoms with E-state index >= 15 is 0 Å². The molecular formula is C16H25BrN2O. The van der Waals surface area contributed by atoms with Crippen LogP contribution in [0.1, 0.15) is 38.3 Å². The van der Waals surface area contributed by atoms with Crippen molar-refractivity contribution >= 4 is 15.9 Å². The van der Waals surface area contributed by atoms with Crippen molar-refractivity contribution < 1.29 is 5.11 Å². The first-order chi connectivity index (χ1) is 9.49. The normalized spacial score (nSPS) is 22.4. The summed E-state index contributed by atoms with van der Waals surface area (Å²) in [6.07, 6.45) is 1.91. The Morgan fingerprint density at radius 3 is 2.20 bits per heavy atom. The van der Waals surface area contributed by atoms with Gasteiger partial charge in [0.2, 0.25) is 0 Å². The smallest absolute Gasteiger partial charge is 0.0541 e. The molecule has 0 bridgehead atoms. The molecule has 1 aliphatic heterocycles. The van der Waals surface area contributed by atoms with Crippen molar-refractivity contribution in [2.24, 2.45) is 11.7 Å². The summed E-state index contributed by atoms with van der Waals surface area (Å²) < 4.78 is 1.09. The third-order valence-corrected chi connectivity index (χ3v) is 4.89. The average molecular weight is 341 g/mol. The van der Waals surface area contributed by atoms with E-state index in [0.717, 1.165) is 30.4 Å². The number of halogens is 1. The van der Waals surface area contributed by atoms with E-state index in [9.17, 15) is 5.11 Å². The molecule has 4 heteroatoms. The average Bonchev–Trinajstić information content (AvgIpc) is 2.41. The lowest BCUT2D eigenvalue weighted by Crippen LogP contribution is -2.45. The zero-order valence-corrected chi connectivity index (χ0v) is 13.9. The fourth-order valence-corrected chi connectivity index (χ4v) is 3.45. The first-order valence-electron chi connectivity index (χ1n) is 7.42. The zero-order chi connectivity index (χ0) is 14.7. The first-order valence-corrected chi connectivity index (χ1v) is 8.21. The maximum atomic E-state index is 9.71. The molecule has 0 aliphatic carbocycles. The topological polar surface area (TPSA) is 49.5 Å². The zero-order valence-electron chi connectivity index (χ0n) is 12.3. The van der Waals surface area contributed by atoms with Crippen LogP contribution in [0, 0.1) is 5.92 Å². The van der Waals surface area contributed by atoms with Crippen LogP contribution in [0.15, 0.2) is 28.7 Å². The van der Waals surface area contributed by atoms with Crippen LogP contribution >= 0.6 is 15.9 Å². The Kier molecular flexibility index (Phi) is 5.61. The van der Waals surface area contributed by atoms with Crippen LogP contribution in [-0.4, -0.2) is 35.2 Å². The Labute approximate surface area is 130 Å². The summed E-state index contributed by atoms with van der Waals surface area (Å²) in [6.45, 7) is 6.00. The molecule has 1 aromatic carbocycles. The molecule has 0 spiro atoms. The van der Waals surface area contributed by atoms with Crippen molar-refractivity contribution in [3.8, 4) is 0 Å². The number of aliphatic hydroxyl groups excluding tert-OH is 1. The number of likely N-dealkylation sites (tertiary alicyclic amines) is 1. The summed E-state index contributed by atoms with van der Waals surface area (Å²) in [4.78, 5) is 2.47. The van der Waals surface area contributed by atoms with Gasteiger partial charge in [0.15, 0.2) is 0 Å². The second kappa shape index (κ2) is 7.03. The molecule has 112 valence electrons. The monoisotopic (exact) mass is 340 g/mol. The number of aliphatic hydroxyl groups is 1. The highest BCUT2D eigenvalue weighted by Gasteiger charge is 2.29. The van der Waals surface area contributed by atoms with Gasteiger partial charge in [0.1, 0.15) is 0 Å². The van der Waals surface area contributed by atoms with E-state index in [1.165, 1.54) is 5.56 Å². The van der Waals surface area contributed by atoms with Gasteiger partial charge in [0, 0.05) is 16.6 Å². The fourth-order valence-electron chi connectivity index (χ4n) is 3.19. The Morgan fingerprint density at radius 2 is 1.75 bits per heavy atom. The third-order valence-electron chi connectivity index (χ3n) is 4.36. The van der Waals surface area contributed by atoms with Crippen molar-refractivity contribution in [1.29, 1.82) is 0 Å². The third kappa shape index (κ3) is 3.82. The predicted octanol–water partition coefficient (Wildman–Crippen LogP) is 2.93. The second-order valence-corrected chi connectivity index (χ2v) is 6.89. The molecule has 3 nitrogen and oxygen atoms in total. The summed E-state index contributed by atoms with van der Waals surface area (Å²) in [5, 5.41) is 9.71. The highest BCUT2D eigenvalue weighted by atomic mass is 79.9. The van der Waals surface area contributed by atoms with E-state index in [-0.39, 0.29) is 18.2 Å². The standard InChI is InChI=1S/C16H25BrN2O/c1-11(18)16(14-3-5-15(17)6-4-14)19-9-7-13(8-10-19)12(2)20/h3-6,11-13,16,20H,7-10,18H2,1-2H3. The lowest BCUT2D eigenvalue weighted by molar-refractivity contribution is 0.0511. The molecule has 1 aliphatic rings. The Bertz CT molecular complexity index is 411. The number of nitrogens with zero attached hydrogens (tertiary/aromatic N) is 1. The van der Waals surface area contributed by atoms with Crippen LogP contribution in [-0.2, 0) is 0 Å². The van der Waals surface area contributed by atoms with Gasteiger partial charge in [-0.3, -0.25) is 4.90 Å². The number of rotatable bonds is 4. The van der Waals surface area contributed by atoms with Gasteiger partial charge >= 0.3 is 0 Å². The van der Waals surface area contributed by atoms with E-state index < -0.39 is 0 Å². The van der Waals surface area contributed by atoms with Gasteiger partial charge in [-0.2, -0.15) is 0 Å². The van der Waals surface area contributed by atoms with Crippen molar-refractivity contribution in [3.05, 3.63) is 34.3 Å². The van der Waals surface area contributed by atoms with Crippen LogP contribution in [0.2, 0.25) is 0 Å². The molecule has 3 atom stereocenters. The largest absolute Gasteiger partial charge is 0.393 e. The van der Waals surface area contributed by atoms with Gasteiger partial charge in [-0.1, -0.05) is 28.1 Å². The second-order valence-electron chi connectivity index (χ2n) is 5.97. The van der Waals surface area contributed by atoms with Crippen molar-refractivity contribution in [1.82, 2.24) is 4.90 Å². The summed E-state index contributed by atoms with van der Waals surface area (Å²) >= 11 is 3.48. The molecule has 1 fully saturated rings. The van der Waals surface area contributed by atoms with E-state index in [1.54, 1.807) is 0 Å². The predicted molar refractivity (Wildman–Crippen MR) is 86.5 cm³/mol. The molecule has 20 heavy (non-hydrogen) atoms. The molecule has 1 aromatic rings. The Balaban J connectivity index is 2.09. The van der Waals surface area contributed by atoms with Gasteiger partial charge < -0.3 is 10.8 Å². The van der Waals surface area contributed by atoms with Crippen LogP contribution in [0.25, 0.3) is 0 Å². The quantitative estimate of drug-likeness (QED) is 0.885. The molecule has 0 aromatic heterocycles. The molecule has 1 heterocycles. The maximum absolute atomic E-state index is 9.71. The number of hydrogen-bond acceptors (Lipinski definition) is 3. The van der Waals surface area contributed by atoms with E-state index in [4.69, 9.17) is 5.73 Å². The summed E-state index contributed by atoms with van der Waals surface area (Å²) in [5.74, 6) is 0.435. The number of piperidine rings is 1. The van der Waals surface area contributed by atoms with Crippen LogP contribution in [0.5, 0.6) is 0 Å². The first kappa shape index (κ1) is 16.0. The molecule has 3 unspecified atom stereocenters. The number of hydrogen-bond donors (Lipinski definition) is 2. The minimum absolute atomic E-state index is 0.0966. The molecule has 0 radical (unpaired) electrons. The van der Waals surface area contributed by atoms with E-state index in [2.05, 4.69) is 52.0 Å². The summed E-state index contributed by atoms with van der Waals surface area (Å²) in [7, 11) is 0. The fraction of sp³-hybridized carbons (Fsp3) is 0.625. The van der Waals surface area contributed by atoms with Crippen LogP contribution in [0.4, 0.5) is 0 Å².